The first-order chi connectivity index (χ1) is 3.39. The highest BCUT2D eigenvalue weighted by atomic mass is 31.1. The van der Waals surface area contributed by atoms with Crippen molar-refractivity contribution in [2.75, 3.05) is 13.1 Å². The molecule has 1 fully saturated rings. The van der Waals surface area contributed by atoms with Crippen LogP contribution in [0.5, 0.6) is 0 Å². The Balaban J connectivity index is 2.25. The maximum Gasteiger partial charge on any atom is 0.327 e. The van der Waals surface area contributed by atoms with Crippen LogP contribution in [0, 0.1) is 0 Å². The van der Waals surface area contributed by atoms with Crippen molar-refractivity contribution in [3.63, 3.8) is 0 Å². The minimum absolute atomic E-state index is 0.133. The molecule has 4 heteroatoms. The molecule has 1 saturated heterocycles. The minimum Gasteiger partial charge on any atom is -0.435 e. The zero-order chi connectivity index (χ0) is 5.11. The van der Waals surface area contributed by atoms with Crippen LogP contribution in [0.15, 0.2) is 0 Å². The van der Waals surface area contributed by atoms with E-state index in [2.05, 4.69) is 4.74 Å². The smallest absolute Gasteiger partial charge is 0.327 e. The number of carbonyl (C=O) groups excluding carboxylic acids is 1. The SMILES string of the molecule is O=C1OCOCP1. The van der Waals surface area contributed by atoms with E-state index in [1.54, 1.807) is 0 Å². The third-order valence-corrected chi connectivity index (χ3v) is 1.37. The lowest BCUT2D eigenvalue weighted by Crippen LogP contribution is -2.08. The average molecular weight is 120 g/mol. The van der Waals surface area contributed by atoms with Gasteiger partial charge in [0.05, 0.1) is 6.35 Å². The van der Waals surface area contributed by atoms with Crippen molar-refractivity contribution in [2.45, 2.75) is 0 Å². The summed E-state index contributed by atoms with van der Waals surface area (Å²) in [6, 6.07) is 0. The van der Waals surface area contributed by atoms with Crippen molar-refractivity contribution in [2.24, 2.45) is 0 Å². The van der Waals surface area contributed by atoms with Gasteiger partial charge in [-0.1, -0.05) is 0 Å². The number of rotatable bonds is 0. The molecule has 0 aromatic carbocycles. The van der Waals surface area contributed by atoms with Gasteiger partial charge in [0.25, 0.3) is 0 Å². The second-order valence-corrected chi connectivity index (χ2v) is 2.13. The van der Waals surface area contributed by atoms with Crippen molar-refractivity contribution >= 4 is 14.3 Å². The van der Waals surface area contributed by atoms with Gasteiger partial charge in [-0.05, 0) is 0 Å². The van der Waals surface area contributed by atoms with Gasteiger partial charge < -0.3 is 9.47 Å². The third-order valence-electron chi connectivity index (χ3n) is 0.592. The Bertz CT molecular complexity index is 74.2. The van der Waals surface area contributed by atoms with Crippen molar-refractivity contribution in [1.82, 2.24) is 0 Å². The number of ether oxygens (including phenoxy) is 2. The average Bonchev–Trinajstić information content (AvgIpc) is 1.69. The zero-order valence-corrected chi connectivity index (χ0v) is 4.64. The Labute approximate surface area is 42.8 Å². The monoisotopic (exact) mass is 120 g/mol. The van der Waals surface area contributed by atoms with E-state index in [4.69, 9.17) is 4.74 Å². The highest BCUT2D eigenvalue weighted by molar-refractivity contribution is 7.57. The van der Waals surface area contributed by atoms with Crippen LogP contribution in [0.25, 0.3) is 0 Å². The van der Waals surface area contributed by atoms with Crippen LogP contribution in [-0.2, 0) is 9.47 Å². The predicted octanol–water partition coefficient (Wildman–Crippen LogP) is 0.747. The molecule has 0 N–H and O–H groups in total. The van der Waals surface area contributed by atoms with Crippen molar-refractivity contribution < 1.29 is 14.3 Å². The quantitative estimate of drug-likeness (QED) is 0.442. The molecule has 0 aromatic rings. The van der Waals surface area contributed by atoms with E-state index in [1.165, 1.54) is 0 Å². The first-order valence-electron chi connectivity index (χ1n) is 1.88. The summed E-state index contributed by atoms with van der Waals surface area (Å²) in [5.74, 6) is 0. The number of cyclic esters (lactones) is 1. The van der Waals surface area contributed by atoms with E-state index >= 15 is 0 Å². The van der Waals surface area contributed by atoms with E-state index in [-0.39, 0.29) is 21.1 Å². The standard InChI is InChI=1S/C3H5O3P/c4-3-6-1-5-2-7-3/h7H,1-2H2. The summed E-state index contributed by atoms with van der Waals surface area (Å²) in [5, 5.41) is 0. The molecule has 0 spiro atoms. The molecule has 1 aliphatic heterocycles. The fourth-order valence-corrected chi connectivity index (χ4v) is 0.762. The maximum atomic E-state index is 10.2. The molecular formula is C3H5O3P. The highest BCUT2D eigenvalue weighted by Gasteiger charge is 2.06. The van der Waals surface area contributed by atoms with E-state index < -0.39 is 0 Å². The molecule has 0 aromatic heterocycles. The Morgan fingerprint density at radius 1 is 1.71 bits per heavy atom. The van der Waals surface area contributed by atoms with E-state index in [9.17, 15) is 4.79 Å². The Morgan fingerprint density at radius 3 is 2.86 bits per heavy atom. The molecule has 1 unspecified atom stereocenters. The largest absolute Gasteiger partial charge is 0.435 e. The molecule has 1 atom stereocenters. The summed E-state index contributed by atoms with van der Waals surface area (Å²) in [5.41, 5.74) is -0.133. The van der Waals surface area contributed by atoms with Gasteiger partial charge in [0.1, 0.15) is 0 Å². The van der Waals surface area contributed by atoms with Crippen molar-refractivity contribution in [3.8, 4) is 0 Å². The summed E-state index contributed by atoms with van der Waals surface area (Å²) < 4.78 is 9.14. The number of carbonyl (C=O) groups is 1. The van der Waals surface area contributed by atoms with Crippen molar-refractivity contribution in [1.29, 1.82) is 0 Å². The molecule has 0 aliphatic carbocycles. The Hall–Kier alpha value is -0.140. The molecular weight excluding hydrogens is 115 g/mol. The molecule has 0 amide bonds. The summed E-state index contributed by atoms with van der Waals surface area (Å²) in [4.78, 5) is 10.2. The number of hydrogen-bond donors (Lipinski definition) is 0. The lowest BCUT2D eigenvalue weighted by Gasteiger charge is -2.09. The molecule has 0 saturated carbocycles. The second kappa shape index (κ2) is 2.24. The Morgan fingerprint density at radius 2 is 2.57 bits per heavy atom. The molecule has 1 aliphatic rings. The van der Waals surface area contributed by atoms with Gasteiger partial charge in [0.2, 0.25) is 0 Å². The fourth-order valence-electron chi connectivity index (χ4n) is 0.298. The van der Waals surface area contributed by atoms with Crippen LogP contribution in [0.1, 0.15) is 0 Å². The van der Waals surface area contributed by atoms with E-state index in [0.29, 0.717) is 6.35 Å². The zero-order valence-electron chi connectivity index (χ0n) is 3.64. The van der Waals surface area contributed by atoms with Gasteiger partial charge in [0, 0.05) is 8.58 Å². The third kappa shape index (κ3) is 1.41. The highest BCUT2D eigenvalue weighted by Crippen LogP contribution is 2.17. The van der Waals surface area contributed by atoms with Gasteiger partial charge in [-0.25, -0.2) is 4.79 Å². The summed E-state index contributed by atoms with van der Waals surface area (Å²) in [6.45, 7) is 0.145. The molecule has 7 heavy (non-hydrogen) atoms. The van der Waals surface area contributed by atoms with Gasteiger partial charge in [-0.2, -0.15) is 0 Å². The summed E-state index contributed by atoms with van der Waals surface area (Å²) >= 11 is 0. The summed E-state index contributed by atoms with van der Waals surface area (Å²) in [6.07, 6.45) is 0.541. The Kier molecular flexibility index (Phi) is 1.60. The normalized spacial score (nSPS) is 24.9. The predicted molar refractivity (Wildman–Crippen MR) is 25.6 cm³/mol. The van der Waals surface area contributed by atoms with Crippen LogP contribution in [0.4, 0.5) is 4.79 Å². The van der Waals surface area contributed by atoms with Crippen LogP contribution >= 0.6 is 8.58 Å². The number of hydrogen-bond acceptors (Lipinski definition) is 3. The van der Waals surface area contributed by atoms with Crippen LogP contribution < -0.4 is 0 Å². The topological polar surface area (TPSA) is 35.5 Å². The molecule has 0 radical (unpaired) electrons. The first-order valence-corrected chi connectivity index (χ1v) is 3.08. The van der Waals surface area contributed by atoms with Crippen LogP contribution in [0.2, 0.25) is 0 Å². The minimum atomic E-state index is -0.133. The first kappa shape index (κ1) is 5.01. The van der Waals surface area contributed by atoms with Crippen molar-refractivity contribution in [3.05, 3.63) is 0 Å². The fraction of sp³-hybridized carbons (Fsp3) is 0.667. The maximum absolute atomic E-state index is 10.2. The second-order valence-electron chi connectivity index (χ2n) is 1.07. The summed E-state index contributed by atoms with van der Waals surface area (Å²) in [7, 11) is 0.192. The van der Waals surface area contributed by atoms with Gasteiger partial charge >= 0.3 is 5.71 Å². The van der Waals surface area contributed by atoms with Crippen LogP contribution in [0.3, 0.4) is 0 Å². The molecule has 1 rings (SSSR count). The lowest BCUT2D eigenvalue weighted by molar-refractivity contribution is 0.00575. The van der Waals surface area contributed by atoms with E-state index in [1.807, 2.05) is 0 Å². The van der Waals surface area contributed by atoms with Gasteiger partial charge in [-0.3, -0.25) is 0 Å². The van der Waals surface area contributed by atoms with E-state index in [0.717, 1.165) is 0 Å². The molecule has 40 valence electrons. The van der Waals surface area contributed by atoms with Gasteiger partial charge in [-0.15, -0.1) is 0 Å². The van der Waals surface area contributed by atoms with Crippen LogP contribution in [-0.4, -0.2) is 18.9 Å². The molecule has 1 heterocycles. The molecule has 3 nitrogen and oxygen atoms in total. The molecule has 0 bridgehead atoms. The lowest BCUT2D eigenvalue weighted by atomic mass is 11.3. The van der Waals surface area contributed by atoms with Gasteiger partial charge in [0.15, 0.2) is 6.79 Å².